The Morgan fingerprint density at radius 3 is 2.80 bits per heavy atom. The Morgan fingerprint density at radius 2 is 2.00 bits per heavy atom. The van der Waals surface area contributed by atoms with Gasteiger partial charge in [0.25, 0.3) is 0 Å². The third kappa shape index (κ3) is 2.52. The van der Waals surface area contributed by atoms with Crippen molar-refractivity contribution in [2.24, 2.45) is 0 Å². The number of ketones is 1. The van der Waals surface area contributed by atoms with Gasteiger partial charge in [0.2, 0.25) is 0 Å². The molecular weight excluding hydrogens is 278 g/mol. The molecule has 0 amide bonds. The molecule has 0 fully saturated rings. The fraction of sp³-hybridized carbons (Fsp3) is 0.312. The lowest BCUT2D eigenvalue weighted by Gasteiger charge is -2.08. The molecule has 1 nitrogen and oxygen atoms in total. The molecule has 20 heavy (non-hydrogen) atoms. The summed E-state index contributed by atoms with van der Waals surface area (Å²) in [6.45, 7) is 0. The maximum absolute atomic E-state index is 13.6. The first-order valence-electron chi connectivity index (χ1n) is 6.73. The standard InChI is InChI=1S/C16H14F2OS/c17-12-6-3-5-11(16(12)18)8-13(19)15-9-10-4-1-2-7-14(10)20-15/h3,5-6,9H,1-2,4,7-8H2. The van der Waals surface area contributed by atoms with Gasteiger partial charge in [-0.25, -0.2) is 8.78 Å². The number of benzene rings is 1. The van der Waals surface area contributed by atoms with Crippen molar-refractivity contribution in [1.82, 2.24) is 0 Å². The highest BCUT2D eigenvalue weighted by atomic mass is 32.1. The second kappa shape index (κ2) is 5.44. The van der Waals surface area contributed by atoms with Crippen LogP contribution in [0.3, 0.4) is 0 Å². The quantitative estimate of drug-likeness (QED) is 0.770. The first-order valence-corrected chi connectivity index (χ1v) is 7.54. The molecule has 1 aliphatic carbocycles. The summed E-state index contributed by atoms with van der Waals surface area (Å²) in [5.74, 6) is -1.95. The minimum Gasteiger partial charge on any atom is -0.293 e. The van der Waals surface area contributed by atoms with E-state index in [0.29, 0.717) is 4.88 Å². The van der Waals surface area contributed by atoms with Gasteiger partial charge < -0.3 is 0 Å². The largest absolute Gasteiger partial charge is 0.293 e. The molecule has 0 atom stereocenters. The topological polar surface area (TPSA) is 17.1 Å². The number of hydrogen-bond donors (Lipinski definition) is 0. The Morgan fingerprint density at radius 1 is 1.20 bits per heavy atom. The molecule has 0 N–H and O–H groups in total. The van der Waals surface area contributed by atoms with Gasteiger partial charge in [-0.05, 0) is 48.9 Å². The third-order valence-corrected chi connectivity index (χ3v) is 4.93. The van der Waals surface area contributed by atoms with E-state index in [0.717, 1.165) is 25.3 Å². The second-order valence-electron chi connectivity index (χ2n) is 5.08. The van der Waals surface area contributed by atoms with E-state index >= 15 is 0 Å². The highest BCUT2D eigenvalue weighted by molar-refractivity contribution is 7.14. The van der Waals surface area contributed by atoms with Crippen molar-refractivity contribution >= 4 is 17.1 Å². The van der Waals surface area contributed by atoms with Gasteiger partial charge in [0.1, 0.15) is 0 Å². The number of rotatable bonds is 3. The first-order chi connectivity index (χ1) is 9.65. The Hall–Kier alpha value is -1.55. The zero-order chi connectivity index (χ0) is 14.1. The van der Waals surface area contributed by atoms with Crippen molar-refractivity contribution in [2.45, 2.75) is 32.1 Å². The molecule has 104 valence electrons. The van der Waals surface area contributed by atoms with Gasteiger partial charge in [-0.1, -0.05) is 12.1 Å². The summed E-state index contributed by atoms with van der Waals surface area (Å²) in [6, 6.07) is 5.89. The van der Waals surface area contributed by atoms with Crippen LogP contribution >= 0.6 is 11.3 Å². The van der Waals surface area contributed by atoms with Gasteiger partial charge in [0.05, 0.1) is 4.88 Å². The average Bonchev–Trinajstić information content (AvgIpc) is 2.88. The van der Waals surface area contributed by atoms with Crippen LogP contribution in [0.2, 0.25) is 0 Å². The van der Waals surface area contributed by atoms with E-state index in [1.165, 1.54) is 40.3 Å². The number of Topliss-reactive ketones (excluding diaryl/α,β-unsaturated/α-hetero) is 1. The lowest BCUT2D eigenvalue weighted by atomic mass is 9.98. The summed E-state index contributed by atoms with van der Waals surface area (Å²) in [5, 5.41) is 0. The van der Waals surface area contributed by atoms with Gasteiger partial charge in [-0.3, -0.25) is 4.79 Å². The molecule has 0 radical (unpaired) electrons. The molecule has 0 saturated carbocycles. The number of halogens is 2. The summed E-state index contributed by atoms with van der Waals surface area (Å²) >= 11 is 1.51. The van der Waals surface area contributed by atoms with E-state index in [9.17, 15) is 13.6 Å². The molecule has 2 aromatic rings. The zero-order valence-corrected chi connectivity index (χ0v) is 11.7. The van der Waals surface area contributed by atoms with E-state index in [1.807, 2.05) is 6.07 Å². The number of aryl methyl sites for hydroxylation is 2. The number of carbonyl (C=O) groups is 1. The lowest BCUT2D eigenvalue weighted by molar-refractivity contribution is 0.0995. The number of hydrogen-bond acceptors (Lipinski definition) is 2. The van der Waals surface area contributed by atoms with Crippen molar-refractivity contribution in [2.75, 3.05) is 0 Å². The molecule has 0 spiro atoms. The maximum Gasteiger partial charge on any atom is 0.177 e. The van der Waals surface area contributed by atoms with E-state index in [2.05, 4.69) is 0 Å². The van der Waals surface area contributed by atoms with Gasteiger partial charge in [0, 0.05) is 11.3 Å². The summed E-state index contributed by atoms with van der Waals surface area (Å²) in [5.41, 5.74) is 1.38. The number of fused-ring (bicyclic) bond motifs is 1. The Labute approximate surface area is 120 Å². The number of carbonyl (C=O) groups excluding carboxylic acids is 1. The smallest absolute Gasteiger partial charge is 0.177 e. The fourth-order valence-corrected chi connectivity index (χ4v) is 3.76. The first kappa shape index (κ1) is 13.4. The van der Waals surface area contributed by atoms with Crippen molar-refractivity contribution in [1.29, 1.82) is 0 Å². The summed E-state index contributed by atoms with van der Waals surface area (Å²) < 4.78 is 26.7. The van der Waals surface area contributed by atoms with E-state index in [-0.39, 0.29) is 17.8 Å². The monoisotopic (exact) mass is 292 g/mol. The van der Waals surface area contributed by atoms with E-state index in [1.54, 1.807) is 0 Å². The van der Waals surface area contributed by atoms with E-state index in [4.69, 9.17) is 0 Å². The molecule has 0 unspecified atom stereocenters. The molecular formula is C16H14F2OS. The van der Waals surface area contributed by atoms with Gasteiger partial charge in [0.15, 0.2) is 17.4 Å². The van der Waals surface area contributed by atoms with Crippen LogP contribution in [-0.4, -0.2) is 5.78 Å². The van der Waals surface area contributed by atoms with Crippen LogP contribution in [0, 0.1) is 11.6 Å². The van der Waals surface area contributed by atoms with Crippen LogP contribution in [0.1, 0.15) is 38.5 Å². The Bertz CT molecular complexity index is 637. The molecule has 0 saturated heterocycles. The Balaban J connectivity index is 1.82. The zero-order valence-electron chi connectivity index (χ0n) is 10.9. The SMILES string of the molecule is O=C(Cc1cccc(F)c1F)c1cc2c(s1)CCCC2. The van der Waals surface area contributed by atoms with Crippen LogP contribution in [0.4, 0.5) is 8.78 Å². The van der Waals surface area contributed by atoms with Crippen LogP contribution in [0.15, 0.2) is 24.3 Å². The maximum atomic E-state index is 13.6. The molecule has 1 aromatic carbocycles. The summed E-state index contributed by atoms with van der Waals surface area (Å²) in [6.07, 6.45) is 4.30. The summed E-state index contributed by atoms with van der Waals surface area (Å²) in [7, 11) is 0. The normalized spacial score (nSPS) is 14.1. The third-order valence-electron chi connectivity index (χ3n) is 3.65. The van der Waals surface area contributed by atoms with Crippen LogP contribution in [0.5, 0.6) is 0 Å². The van der Waals surface area contributed by atoms with Gasteiger partial charge in [-0.15, -0.1) is 11.3 Å². The van der Waals surface area contributed by atoms with Gasteiger partial charge in [-0.2, -0.15) is 0 Å². The van der Waals surface area contributed by atoms with Crippen molar-refractivity contribution < 1.29 is 13.6 Å². The van der Waals surface area contributed by atoms with E-state index < -0.39 is 11.6 Å². The van der Waals surface area contributed by atoms with Crippen LogP contribution < -0.4 is 0 Å². The molecule has 1 heterocycles. The van der Waals surface area contributed by atoms with Crippen LogP contribution in [-0.2, 0) is 19.3 Å². The molecule has 0 aliphatic heterocycles. The molecule has 3 rings (SSSR count). The van der Waals surface area contributed by atoms with Crippen molar-refractivity contribution in [3.63, 3.8) is 0 Å². The minimum absolute atomic E-state index is 0.0804. The second-order valence-corrected chi connectivity index (χ2v) is 6.22. The summed E-state index contributed by atoms with van der Waals surface area (Å²) in [4.78, 5) is 14.2. The van der Waals surface area contributed by atoms with Crippen molar-refractivity contribution in [3.05, 3.63) is 56.8 Å². The van der Waals surface area contributed by atoms with Gasteiger partial charge >= 0.3 is 0 Å². The highest BCUT2D eigenvalue weighted by Gasteiger charge is 2.19. The predicted molar refractivity (Wildman–Crippen MR) is 75.4 cm³/mol. The molecule has 4 heteroatoms. The predicted octanol–water partition coefficient (Wildman–Crippen LogP) is 4.33. The number of thiophene rings is 1. The fourth-order valence-electron chi connectivity index (χ4n) is 2.57. The van der Waals surface area contributed by atoms with Crippen LogP contribution in [0.25, 0.3) is 0 Å². The average molecular weight is 292 g/mol. The lowest BCUT2D eigenvalue weighted by Crippen LogP contribution is -2.04. The molecule has 0 bridgehead atoms. The van der Waals surface area contributed by atoms with Crippen molar-refractivity contribution in [3.8, 4) is 0 Å². The molecule has 1 aliphatic rings. The minimum atomic E-state index is -0.915. The molecule has 1 aromatic heterocycles. The Kier molecular flexibility index (Phi) is 3.66. The highest BCUT2D eigenvalue weighted by Crippen LogP contribution is 2.30.